The number of hydrogen-bond donors (Lipinski definition) is 0. The summed E-state index contributed by atoms with van der Waals surface area (Å²) in [6.45, 7) is 0. The van der Waals surface area contributed by atoms with Gasteiger partial charge in [0.15, 0.2) is 0 Å². The molecule has 1 aliphatic heterocycles. The van der Waals surface area contributed by atoms with Crippen LogP contribution in [0.15, 0.2) is 11.8 Å². The van der Waals surface area contributed by atoms with Gasteiger partial charge in [-0.3, -0.25) is 14.9 Å². The first-order valence-corrected chi connectivity index (χ1v) is 3.22. The molecule has 0 saturated carbocycles. The van der Waals surface area contributed by atoms with Crippen molar-refractivity contribution in [3.05, 3.63) is 21.9 Å². The SMILES string of the molecule is O=C1SCC=C1[N+](=O)[O-]. The molecule has 0 amide bonds. The van der Waals surface area contributed by atoms with E-state index >= 15 is 0 Å². The molecule has 0 aromatic heterocycles. The first-order valence-electron chi connectivity index (χ1n) is 2.23. The summed E-state index contributed by atoms with van der Waals surface area (Å²) in [7, 11) is 0. The second-order valence-corrected chi connectivity index (χ2v) is 2.44. The molecule has 48 valence electrons. The number of rotatable bonds is 1. The van der Waals surface area contributed by atoms with Gasteiger partial charge in [-0.15, -0.1) is 0 Å². The molecule has 0 spiro atoms. The smallest absolute Gasteiger partial charge is 0.274 e. The second kappa shape index (κ2) is 2.18. The molecule has 0 unspecified atom stereocenters. The normalized spacial score (nSPS) is 17.8. The van der Waals surface area contributed by atoms with Crippen LogP contribution in [0.25, 0.3) is 0 Å². The van der Waals surface area contributed by atoms with Crippen LogP contribution < -0.4 is 0 Å². The summed E-state index contributed by atoms with van der Waals surface area (Å²) in [5, 5.41) is 9.48. The van der Waals surface area contributed by atoms with Crippen LogP contribution in [0, 0.1) is 10.1 Å². The van der Waals surface area contributed by atoms with Crippen molar-refractivity contribution in [1.82, 2.24) is 0 Å². The van der Waals surface area contributed by atoms with Gasteiger partial charge < -0.3 is 0 Å². The highest BCUT2D eigenvalue weighted by Crippen LogP contribution is 2.18. The van der Waals surface area contributed by atoms with Crippen molar-refractivity contribution in [1.29, 1.82) is 0 Å². The lowest BCUT2D eigenvalue weighted by Crippen LogP contribution is -2.02. The topological polar surface area (TPSA) is 60.2 Å². The molecule has 0 aromatic rings. The molecule has 1 heterocycles. The Balaban J connectivity index is 2.80. The lowest BCUT2D eigenvalue weighted by atomic mass is 10.5. The molecule has 0 N–H and O–H groups in total. The van der Waals surface area contributed by atoms with Crippen LogP contribution in [0.4, 0.5) is 0 Å². The minimum absolute atomic E-state index is 0.278. The van der Waals surface area contributed by atoms with Crippen molar-refractivity contribution in [2.75, 3.05) is 5.75 Å². The van der Waals surface area contributed by atoms with Crippen molar-refractivity contribution in [3.63, 3.8) is 0 Å². The third-order valence-electron chi connectivity index (χ3n) is 0.897. The highest BCUT2D eigenvalue weighted by atomic mass is 32.2. The van der Waals surface area contributed by atoms with E-state index in [9.17, 15) is 14.9 Å². The van der Waals surface area contributed by atoms with Gasteiger partial charge in [-0.25, -0.2) is 0 Å². The predicted octanol–water partition coefficient (Wildman–Crippen LogP) is 0.420. The number of thioether (sulfide) groups is 1. The molecule has 0 radical (unpaired) electrons. The molecular formula is C4H3NO3S. The van der Waals surface area contributed by atoms with Crippen molar-refractivity contribution in [2.24, 2.45) is 0 Å². The van der Waals surface area contributed by atoms with Crippen LogP contribution >= 0.6 is 11.8 Å². The Bertz CT molecular complexity index is 198. The summed E-state index contributed by atoms with van der Waals surface area (Å²) in [5.41, 5.74) is -0.278. The summed E-state index contributed by atoms with van der Waals surface area (Å²) in [6, 6.07) is 0. The maximum atomic E-state index is 10.5. The highest BCUT2D eigenvalue weighted by molar-refractivity contribution is 8.14. The zero-order valence-electron chi connectivity index (χ0n) is 4.36. The van der Waals surface area contributed by atoms with Crippen LogP contribution in [-0.2, 0) is 4.79 Å². The number of nitrogens with zero attached hydrogens (tertiary/aromatic N) is 1. The van der Waals surface area contributed by atoms with Gasteiger partial charge in [0, 0.05) is 11.8 Å². The standard InChI is InChI=1S/C4H3NO3S/c6-4-3(5(7)8)1-2-9-4/h1H,2H2. The van der Waals surface area contributed by atoms with Gasteiger partial charge in [0.2, 0.25) is 0 Å². The molecule has 0 saturated heterocycles. The Morgan fingerprint density at radius 2 is 2.44 bits per heavy atom. The van der Waals surface area contributed by atoms with Crippen molar-refractivity contribution < 1.29 is 9.72 Å². The third-order valence-corrected chi connectivity index (χ3v) is 1.70. The molecule has 0 fully saturated rings. The van der Waals surface area contributed by atoms with Crippen LogP contribution in [0.5, 0.6) is 0 Å². The Kier molecular flexibility index (Phi) is 1.52. The van der Waals surface area contributed by atoms with Gasteiger partial charge in [-0.2, -0.15) is 0 Å². The quantitative estimate of drug-likeness (QED) is 0.396. The average molecular weight is 145 g/mol. The number of carbonyl (C=O) groups excluding carboxylic acids is 1. The van der Waals surface area contributed by atoms with E-state index in [1.54, 1.807) is 0 Å². The molecular weight excluding hydrogens is 142 g/mol. The summed E-state index contributed by atoms with van der Waals surface area (Å²) in [5.74, 6) is 0.440. The van der Waals surface area contributed by atoms with E-state index in [1.165, 1.54) is 6.08 Å². The number of carbonyl (C=O) groups is 1. The average Bonchev–Trinajstić information content (AvgIpc) is 2.13. The molecule has 1 rings (SSSR count). The number of hydrogen-bond acceptors (Lipinski definition) is 4. The molecule has 0 atom stereocenters. The van der Waals surface area contributed by atoms with E-state index in [1.807, 2.05) is 0 Å². The largest absolute Gasteiger partial charge is 0.319 e. The molecule has 0 aromatic carbocycles. The Morgan fingerprint density at radius 1 is 1.78 bits per heavy atom. The minimum atomic E-state index is -0.650. The Labute approximate surface area is 55.1 Å². The molecule has 9 heavy (non-hydrogen) atoms. The molecule has 0 bridgehead atoms. The van der Waals surface area contributed by atoms with E-state index in [0.717, 1.165) is 11.8 Å². The summed E-state index contributed by atoms with van der Waals surface area (Å²) < 4.78 is 0. The molecule has 1 aliphatic rings. The zero-order chi connectivity index (χ0) is 6.85. The van der Waals surface area contributed by atoms with Gasteiger partial charge in [0.1, 0.15) is 0 Å². The molecule has 4 nitrogen and oxygen atoms in total. The lowest BCUT2D eigenvalue weighted by molar-refractivity contribution is -0.417. The first-order chi connectivity index (χ1) is 4.22. The van der Waals surface area contributed by atoms with Crippen LogP contribution in [-0.4, -0.2) is 15.8 Å². The zero-order valence-corrected chi connectivity index (χ0v) is 5.18. The van der Waals surface area contributed by atoms with E-state index in [0.29, 0.717) is 5.75 Å². The highest BCUT2D eigenvalue weighted by Gasteiger charge is 2.26. The maximum Gasteiger partial charge on any atom is 0.319 e. The van der Waals surface area contributed by atoms with Gasteiger partial charge in [0.25, 0.3) is 5.12 Å². The van der Waals surface area contributed by atoms with Crippen molar-refractivity contribution in [3.8, 4) is 0 Å². The first kappa shape index (κ1) is 6.28. The maximum absolute atomic E-state index is 10.5. The van der Waals surface area contributed by atoms with E-state index in [4.69, 9.17) is 0 Å². The summed E-state index contributed by atoms with van der Waals surface area (Å²) in [4.78, 5) is 19.7. The fraction of sp³-hybridized carbons (Fsp3) is 0.250. The molecule has 5 heteroatoms. The van der Waals surface area contributed by atoms with Gasteiger partial charge in [0.05, 0.1) is 4.92 Å². The Hall–Kier alpha value is -0.840. The van der Waals surface area contributed by atoms with Crippen LogP contribution in [0.2, 0.25) is 0 Å². The minimum Gasteiger partial charge on any atom is -0.274 e. The lowest BCUT2D eigenvalue weighted by Gasteiger charge is -1.83. The van der Waals surface area contributed by atoms with E-state index in [2.05, 4.69) is 0 Å². The van der Waals surface area contributed by atoms with E-state index in [-0.39, 0.29) is 5.70 Å². The van der Waals surface area contributed by atoms with Gasteiger partial charge >= 0.3 is 5.70 Å². The van der Waals surface area contributed by atoms with Gasteiger partial charge in [-0.1, -0.05) is 11.8 Å². The van der Waals surface area contributed by atoms with Crippen molar-refractivity contribution in [2.45, 2.75) is 0 Å². The second-order valence-electron chi connectivity index (χ2n) is 1.44. The van der Waals surface area contributed by atoms with Crippen LogP contribution in [0.3, 0.4) is 0 Å². The monoisotopic (exact) mass is 145 g/mol. The fourth-order valence-electron chi connectivity index (χ4n) is 0.503. The summed E-state index contributed by atoms with van der Waals surface area (Å²) >= 11 is 0.961. The van der Waals surface area contributed by atoms with Crippen LogP contribution in [0.1, 0.15) is 0 Å². The Morgan fingerprint density at radius 3 is 2.67 bits per heavy atom. The fourth-order valence-corrected chi connectivity index (χ4v) is 1.20. The van der Waals surface area contributed by atoms with Crippen molar-refractivity contribution >= 4 is 16.9 Å². The van der Waals surface area contributed by atoms with E-state index < -0.39 is 10.0 Å². The third kappa shape index (κ3) is 1.10. The summed E-state index contributed by atoms with van der Waals surface area (Å²) in [6.07, 6.45) is 1.33. The predicted molar refractivity (Wildman–Crippen MR) is 32.5 cm³/mol. The number of nitro groups is 1. The van der Waals surface area contributed by atoms with Gasteiger partial charge in [-0.05, 0) is 0 Å². The molecule has 0 aliphatic carbocycles.